The molecule has 1 atom stereocenters. The maximum atomic E-state index is 14.2. The highest BCUT2D eigenvalue weighted by Crippen LogP contribution is 2.35. The van der Waals surface area contributed by atoms with Gasteiger partial charge in [0.2, 0.25) is 0 Å². The Morgan fingerprint density at radius 2 is 1.96 bits per heavy atom. The van der Waals surface area contributed by atoms with Gasteiger partial charge in [0.05, 0.1) is 23.1 Å². The second-order valence-electron chi connectivity index (χ2n) is 6.84. The summed E-state index contributed by atoms with van der Waals surface area (Å²) in [4.78, 5) is 12.5. The predicted octanol–water partition coefficient (Wildman–Crippen LogP) is 5.41. The number of halogens is 2. The van der Waals surface area contributed by atoms with Crippen LogP contribution >= 0.6 is 0 Å². The standard InChI is InChI=1S/C21H19F2N3O2/c1-11(2)19(26-21(27)25-14-6-4-5-13(9-14)10-24)20-12(3)17-16(28-20)8-7-15(22)18(17)23/h4-9,11,19H,1-3H3,(H2,25,26,27). The van der Waals surface area contributed by atoms with Crippen molar-refractivity contribution < 1.29 is 18.0 Å². The van der Waals surface area contributed by atoms with Gasteiger partial charge >= 0.3 is 6.03 Å². The van der Waals surface area contributed by atoms with Crippen molar-refractivity contribution in [2.75, 3.05) is 5.32 Å². The van der Waals surface area contributed by atoms with Crippen LogP contribution in [0.25, 0.3) is 11.0 Å². The van der Waals surface area contributed by atoms with E-state index in [0.29, 0.717) is 22.6 Å². The minimum Gasteiger partial charge on any atom is -0.458 e. The molecule has 1 heterocycles. The summed E-state index contributed by atoms with van der Waals surface area (Å²) in [5.41, 5.74) is 1.55. The molecule has 3 aromatic rings. The van der Waals surface area contributed by atoms with Crippen molar-refractivity contribution in [2.24, 2.45) is 5.92 Å². The average Bonchev–Trinajstić information content (AvgIpc) is 2.99. The summed E-state index contributed by atoms with van der Waals surface area (Å²) in [6.07, 6.45) is 0. The van der Waals surface area contributed by atoms with Gasteiger partial charge in [-0.1, -0.05) is 19.9 Å². The normalized spacial score (nSPS) is 12.0. The monoisotopic (exact) mass is 383 g/mol. The first-order valence-corrected chi connectivity index (χ1v) is 8.76. The van der Waals surface area contributed by atoms with Crippen molar-refractivity contribution in [3.05, 3.63) is 64.9 Å². The van der Waals surface area contributed by atoms with Crippen LogP contribution in [0.4, 0.5) is 19.3 Å². The topological polar surface area (TPSA) is 78.1 Å². The molecular weight excluding hydrogens is 364 g/mol. The molecule has 0 saturated carbocycles. The number of urea groups is 1. The summed E-state index contributed by atoms with van der Waals surface area (Å²) in [7, 11) is 0. The van der Waals surface area contributed by atoms with Gasteiger partial charge in [-0.25, -0.2) is 13.6 Å². The van der Waals surface area contributed by atoms with E-state index in [9.17, 15) is 13.6 Å². The third kappa shape index (κ3) is 3.67. The molecule has 2 amide bonds. The first-order valence-electron chi connectivity index (χ1n) is 8.76. The van der Waals surface area contributed by atoms with E-state index in [0.717, 1.165) is 6.07 Å². The number of nitrogens with zero attached hydrogens (tertiary/aromatic N) is 1. The minimum atomic E-state index is -0.967. The Bertz CT molecular complexity index is 1080. The van der Waals surface area contributed by atoms with E-state index < -0.39 is 23.7 Å². The molecule has 0 saturated heterocycles. The fourth-order valence-electron chi connectivity index (χ4n) is 3.09. The van der Waals surface area contributed by atoms with E-state index >= 15 is 0 Å². The van der Waals surface area contributed by atoms with E-state index in [4.69, 9.17) is 9.68 Å². The molecule has 28 heavy (non-hydrogen) atoms. The van der Waals surface area contributed by atoms with Crippen molar-refractivity contribution >= 4 is 22.7 Å². The van der Waals surface area contributed by atoms with Crippen molar-refractivity contribution in [3.63, 3.8) is 0 Å². The number of benzene rings is 2. The second kappa shape index (κ2) is 7.69. The van der Waals surface area contributed by atoms with Gasteiger partial charge in [0, 0.05) is 11.3 Å². The highest BCUT2D eigenvalue weighted by Gasteiger charge is 2.27. The van der Waals surface area contributed by atoms with Gasteiger partial charge in [0.1, 0.15) is 11.3 Å². The molecule has 0 fully saturated rings. The minimum absolute atomic E-state index is 0.0737. The highest BCUT2D eigenvalue weighted by molar-refractivity contribution is 5.90. The van der Waals surface area contributed by atoms with Crippen LogP contribution in [0.2, 0.25) is 0 Å². The number of furan rings is 1. The number of hydrogen-bond donors (Lipinski definition) is 2. The first-order chi connectivity index (χ1) is 13.3. The lowest BCUT2D eigenvalue weighted by Crippen LogP contribution is -2.35. The lowest BCUT2D eigenvalue weighted by atomic mass is 9.98. The van der Waals surface area contributed by atoms with E-state index in [1.807, 2.05) is 19.9 Å². The number of amides is 2. The largest absolute Gasteiger partial charge is 0.458 e. The van der Waals surface area contributed by atoms with E-state index in [1.54, 1.807) is 31.2 Å². The van der Waals surface area contributed by atoms with Crippen molar-refractivity contribution in [1.82, 2.24) is 5.32 Å². The van der Waals surface area contributed by atoms with Crippen LogP contribution in [0.15, 0.2) is 40.8 Å². The predicted molar refractivity (Wildman–Crippen MR) is 102 cm³/mol. The summed E-state index contributed by atoms with van der Waals surface area (Å²) in [6, 6.07) is 9.83. The van der Waals surface area contributed by atoms with Gasteiger partial charge in [-0.2, -0.15) is 5.26 Å². The number of fused-ring (bicyclic) bond motifs is 1. The van der Waals surface area contributed by atoms with Crippen LogP contribution in [0.5, 0.6) is 0 Å². The number of anilines is 1. The van der Waals surface area contributed by atoms with Crippen molar-refractivity contribution in [3.8, 4) is 6.07 Å². The van der Waals surface area contributed by atoms with E-state index in [2.05, 4.69) is 10.6 Å². The molecule has 0 aliphatic heterocycles. The molecule has 1 aromatic heterocycles. The second-order valence-corrected chi connectivity index (χ2v) is 6.84. The maximum Gasteiger partial charge on any atom is 0.319 e. The summed E-state index contributed by atoms with van der Waals surface area (Å²) >= 11 is 0. The van der Waals surface area contributed by atoms with Crippen LogP contribution in [-0.2, 0) is 0 Å². The highest BCUT2D eigenvalue weighted by atomic mass is 19.2. The van der Waals surface area contributed by atoms with Gasteiger partial charge in [0.25, 0.3) is 0 Å². The summed E-state index contributed by atoms with van der Waals surface area (Å²) < 4.78 is 33.5. The zero-order chi connectivity index (χ0) is 20.4. The first kappa shape index (κ1) is 19.4. The molecule has 2 N–H and O–H groups in total. The van der Waals surface area contributed by atoms with E-state index in [1.165, 1.54) is 6.07 Å². The molecule has 144 valence electrons. The quantitative estimate of drug-likeness (QED) is 0.632. The van der Waals surface area contributed by atoms with Crippen LogP contribution < -0.4 is 10.6 Å². The molecule has 0 bridgehead atoms. The Balaban J connectivity index is 1.89. The molecule has 0 aliphatic rings. The Kier molecular flexibility index (Phi) is 5.32. The third-order valence-electron chi connectivity index (χ3n) is 4.51. The van der Waals surface area contributed by atoms with Crippen LogP contribution in [-0.4, -0.2) is 6.03 Å². The Hall–Kier alpha value is -3.40. The molecule has 0 radical (unpaired) electrons. The van der Waals surface area contributed by atoms with Gasteiger partial charge in [-0.05, 0) is 43.2 Å². The molecule has 0 spiro atoms. The number of aryl methyl sites for hydroxylation is 1. The average molecular weight is 383 g/mol. The number of hydrogen-bond acceptors (Lipinski definition) is 3. The fourth-order valence-corrected chi connectivity index (χ4v) is 3.09. The smallest absolute Gasteiger partial charge is 0.319 e. The molecular formula is C21H19F2N3O2. The lowest BCUT2D eigenvalue weighted by molar-refractivity contribution is 0.241. The molecule has 7 heteroatoms. The number of carbonyl (C=O) groups is 1. The van der Waals surface area contributed by atoms with Crippen molar-refractivity contribution in [1.29, 1.82) is 5.26 Å². The third-order valence-corrected chi connectivity index (χ3v) is 4.51. The number of carbonyl (C=O) groups excluding carboxylic acids is 1. The zero-order valence-electron chi connectivity index (χ0n) is 15.6. The van der Waals surface area contributed by atoms with Crippen LogP contribution in [0, 0.1) is 35.8 Å². The van der Waals surface area contributed by atoms with Crippen LogP contribution in [0.1, 0.15) is 36.8 Å². The van der Waals surface area contributed by atoms with Crippen molar-refractivity contribution in [2.45, 2.75) is 26.8 Å². The summed E-state index contributed by atoms with van der Waals surface area (Å²) in [5.74, 6) is -1.63. The summed E-state index contributed by atoms with van der Waals surface area (Å²) in [6.45, 7) is 5.39. The number of nitriles is 1. The lowest BCUT2D eigenvalue weighted by Gasteiger charge is -2.21. The van der Waals surface area contributed by atoms with E-state index in [-0.39, 0.29) is 16.9 Å². The van der Waals surface area contributed by atoms with Gasteiger partial charge in [-0.15, -0.1) is 0 Å². The molecule has 2 aromatic carbocycles. The van der Waals surface area contributed by atoms with Gasteiger partial charge in [0.15, 0.2) is 11.6 Å². The number of rotatable bonds is 4. The Morgan fingerprint density at radius 1 is 1.21 bits per heavy atom. The molecule has 3 rings (SSSR count). The zero-order valence-corrected chi connectivity index (χ0v) is 15.6. The maximum absolute atomic E-state index is 14.2. The Labute approximate surface area is 161 Å². The van der Waals surface area contributed by atoms with Gasteiger partial charge < -0.3 is 15.1 Å². The number of nitrogens with one attached hydrogen (secondary N) is 2. The fraction of sp³-hybridized carbons (Fsp3) is 0.238. The van der Waals surface area contributed by atoms with Gasteiger partial charge in [-0.3, -0.25) is 0 Å². The molecule has 5 nitrogen and oxygen atoms in total. The molecule has 1 unspecified atom stereocenters. The summed E-state index contributed by atoms with van der Waals surface area (Å²) in [5, 5.41) is 14.5. The molecule has 0 aliphatic carbocycles. The SMILES string of the molecule is Cc1c(C(NC(=O)Nc2cccc(C#N)c2)C(C)C)oc2ccc(F)c(F)c12. The Morgan fingerprint density at radius 3 is 2.64 bits per heavy atom. The van der Waals surface area contributed by atoms with Crippen LogP contribution in [0.3, 0.4) is 0 Å².